The molecule has 0 radical (unpaired) electrons. The van der Waals surface area contributed by atoms with Crippen molar-refractivity contribution in [2.45, 2.75) is 13.0 Å². The van der Waals surface area contributed by atoms with E-state index in [0.29, 0.717) is 13.2 Å². The third-order valence-electron chi connectivity index (χ3n) is 3.33. The quantitative estimate of drug-likeness (QED) is 0.800. The molecule has 0 saturated heterocycles. The first-order chi connectivity index (χ1) is 10.7. The maximum atomic E-state index is 12.2. The number of benzene rings is 2. The Bertz CT molecular complexity index is 598. The second-order valence-electron chi connectivity index (χ2n) is 4.93. The zero-order chi connectivity index (χ0) is 15.8. The molecule has 0 aliphatic rings. The second-order valence-corrected chi connectivity index (χ2v) is 4.93. The summed E-state index contributed by atoms with van der Waals surface area (Å²) in [7, 11) is 1.53. The normalized spacial score (nSPS) is 11.7. The van der Waals surface area contributed by atoms with E-state index in [-0.39, 0.29) is 5.91 Å². The molecule has 4 nitrogen and oxygen atoms in total. The Morgan fingerprint density at radius 3 is 2.45 bits per heavy atom. The predicted molar refractivity (Wildman–Crippen MR) is 85.9 cm³/mol. The number of hydrogen-bond acceptors (Lipinski definition) is 3. The third kappa shape index (κ3) is 4.33. The van der Waals surface area contributed by atoms with Crippen LogP contribution < -0.4 is 10.1 Å². The third-order valence-corrected chi connectivity index (χ3v) is 3.33. The summed E-state index contributed by atoms with van der Waals surface area (Å²) >= 11 is 0. The maximum absolute atomic E-state index is 12.2. The molecule has 1 N–H and O–H groups in total. The van der Waals surface area contributed by atoms with Crippen LogP contribution in [0.4, 0.5) is 0 Å². The van der Waals surface area contributed by atoms with E-state index in [1.165, 1.54) is 7.11 Å². The predicted octanol–water partition coefficient (Wildman–Crippen LogP) is 2.88. The largest absolute Gasteiger partial charge is 0.491 e. The molecule has 0 heterocycles. The van der Waals surface area contributed by atoms with Crippen molar-refractivity contribution in [1.82, 2.24) is 5.32 Å². The maximum Gasteiger partial charge on any atom is 0.253 e. The number of nitrogens with one attached hydrogen (secondary N) is 1. The van der Waals surface area contributed by atoms with Crippen LogP contribution in [0.15, 0.2) is 54.6 Å². The molecule has 22 heavy (non-hydrogen) atoms. The molecule has 0 spiro atoms. The molecule has 0 aliphatic heterocycles. The fraction of sp³-hybridized carbons (Fsp3) is 0.278. The first-order valence-electron chi connectivity index (χ1n) is 7.26. The van der Waals surface area contributed by atoms with Gasteiger partial charge in [-0.25, -0.2) is 0 Å². The number of methoxy groups -OCH3 is 1. The summed E-state index contributed by atoms with van der Waals surface area (Å²) in [5.41, 5.74) is 1.91. The monoisotopic (exact) mass is 299 g/mol. The lowest BCUT2D eigenvalue weighted by atomic mass is 10.1. The minimum absolute atomic E-state index is 0.165. The van der Waals surface area contributed by atoms with Gasteiger partial charge >= 0.3 is 0 Å². The number of hydrogen-bond donors (Lipinski definition) is 1. The average Bonchev–Trinajstić information content (AvgIpc) is 2.55. The number of para-hydroxylation sites is 1. The first-order valence-corrected chi connectivity index (χ1v) is 7.26. The van der Waals surface area contributed by atoms with Crippen molar-refractivity contribution >= 4 is 5.91 Å². The Morgan fingerprint density at radius 2 is 1.77 bits per heavy atom. The summed E-state index contributed by atoms with van der Waals surface area (Å²) in [5.74, 6) is 0.671. The van der Waals surface area contributed by atoms with Crippen LogP contribution in [0.3, 0.4) is 0 Å². The van der Waals surface area contributed by atoms with Crippen LogP contribution in [-0.4, -0.2) is 26.2 Å². The molecule has 1 unspecified atom stereocenters. The van der Waals surface area contributed by atoms with E-state index in [2.05, 4.69) is 5.32 Å². The molecule has 2 aromatic rings. The highest BCUT2D eigenvalue weighted by molar-refractivity contribution is 5.82. The van der Waals surface area contributed by atoms with E-state index in [0.717, 1.165) is 16.9 Å². The van der Waals surface area contributed by atoms with Crippen molar-refractivity contribution in [3.05, 3.63) is 65.7 Å². The lowest BCUT2D eigenvalue weighted by Gasteiger charge is -2.16. The Morgan fingerprint density at radius 1 is 1.09 bits per heavy atom. The van der Waals surface area contributed by atoms with Gasteiger partial charge in [0, 0.05) is 7.11 Å². The van der Waals surface area contributed by atoms with E-state index >= 15 is 0 Å². The molecule has 2 aromatic carbocycles. The average molecular weight is 299 g/mol. The number of aryl methyl sites for hydroxylation is 1. The van der Waals surface area contributed by atoms with Gasteiger partial charge in [-0.1, -0.05) is 48.5 Å². The number of carbonyl (C=O) groups is 1. The van der Waals surface area contributed by atoms with Crippen LogP contribution in [0.1, 0.15) is 17.2 Å². The molecule has 0 fully saturated rings. The van der Waals surface area contributed by atoms with Gasteiger partial charge in [0.15, 0.2) is 6.10 Å². The molecule has 2 rings (SSSR count). The fourth-order valence-corrected chi connectivity index (χ4v) is 2.17. The van der Waals surface area contributed by atoms with Crippen LogP contribution in [0, 0.1) is 6.92 Å². The number of carbonyl (C=O) groups excluding carboxylic acids is 1. The second kappa shape index (κ2) is 8.20. The molecule has 4 heteroatoms. The van der Waals surface area contributed by atoms with E-state index in [1.54, 1.807) is 0 Å². The van der Waals surface area contributed by atoms with Gasteiger partial charge in [0.1, 0.15) is 12.4 Å². The highest BCUT2D eigenvalue weighted by Crippen LogP contribution is 2.17. The van der Waals surface area contributed by atoms with Gasteiger partial charge in [-0.15, -0.1) is 0 Å². The standard InChI is InChI=1S/C18H21NO3/c1-14-8-6-7-11-16(14)22-13-12-19-18(20)17(21-2)15-9-4-3-5-10-15/h3-11,17H,12-13H2,1-2H3,(H,19,20). The van der Waals surface area contributed by atoms with Crippen molar-refractivity contribution in [2.24, 2.45) is 0 Å². The SMILES string of the molecule is COC(C(=O)NCCOc1ccccc1C)c1ccccc1. The van der Waals surface area contributed by atoms with Gasteiger partial charge in [-0.05, 0) is 24.1 Å². The minimum atomic E-state index is -0.598. The van der Waals surface area contributed by atoms with Crippen molar-refractivity contribution in [3.63, 3.8) is 0 Å². The molecule has 0 bridgehead atoms. The summed E-state index contributed by atoms with van der Waals surface area (Å²) in [6.07, 6.45) is -0.598. The van der Waals surface area contributed by atoms with Crippen LogP contribution in [0.25, 0.3) is 0 Å². The van der Waals surface area contributed by atoms with Crippen LogP contribution in [0.5, 0.6) is 5.75 Å². The highest BCUT2D eigenvalue weighted by Gasteiger charge is 2.19. The zero-order valence-corrected chi connectivity index (χ0v) is 12.9. The molecular weight excluding hydrogens is 278 g/mol. The molecule has 0 aromatic heterocycles. The molecule has 0 saturated carbocycles. The Kier molecular flexibility index (Phi) is 5.98. The Labute approximate surface area is 131 Å². The number of ether oxygens (including phenoxy) is 2. The Balaban J connectivity index is 1.81. The Hall–Kier alpha value is -2.33. The summed E-state index contributed by atoms with van der Waals surface area (Å²) in [5, 5.41) is 2.83. The van der Waals surface area contributed by atoms with Crippen LogP contribution in [0.2, 0.25) is 0 Å². The van der Waals surface area contributed by atoms with Crippen LogP contribution >= 0.6 is 0 Å². The minimum Gasteiger partial charge on any atom is -0.491 e. The molecular formula is C18H21NO3. The van der Waals surface area contributed by atoms with E-state index in [1.807, 2.05) is 61.5 Å². The lowest BCUT2D eigenvalue weighted by Crippen LogP contribution is -2.33. The van der Waals surface area contributed by atoms with Gasteiger partial charge in [0.2, 0.25) is 0 Å². The van der Waals surface area contributed by atoms with E-state index < -0.39 is 6.10 Å². The summed E-state index contributed by atoms with van der Waals surface area (Å²) < 4.78 is 10.9. The summed E-state index contributed by atoms with van der Waals surface area (Å²) in [6, 6.07) is 17.2. The molecule has 116 valence electrons. The first kappa shape index (κ1) is 16.0. The number of amides is 1. The fourth-order valence-electron chi connectivity index (χ4n) is 2.17. The number of rotatable bonds is 7. The summed E-state index contributed by atoms with van der Waals surface area (Å²) in [6.45, 7) is 2.84. The van der Waals surface area contributed by atoms with Gasteiger partial charge in [-0.2, -0.15) is 0 Å². The van der Waals surface area contributed by atoms with Crippen LogP contribution in [-0.2, 0) is 9.53 Å². The molecule has 1 amide bonds. The topological polar surface area (TPSA) is 47.6 Å². The van der Waals surface area contributed by atoms with Crippen molar-refractivity contribution in [1.29, 1.82) is 0 Å². The lowest BCUT2D eigenvalue weighted by molar-refractivity contribution is -0.131. The smallest absolute Gasteiger partial charge is 0.253 e. The molecule has 1 atom stereocenters. The van der Waals surface area contributed by atoms with E-state index in [9.17, 15) is 4.79 Å². The van der Waals surface area contributed by atoms with Crippen molar-refractivity contribution in [2.75, 3.05) is 20.3 Å². The van der Waals surface area contributed by atoms with Crippen molar-refractivity contribution < 1.29 is 14.3 Å². The summed E-state index contributed by atoms with van der Waals surface area (Å²) in [4.78, 5) is 12.2. The van der Waals surface area contributed by atoms with Gasteiger partial charge in [0.25, 0.3) is 5.91 Å². The van der Waals surface area contributed by atoms with Gasteiger partial charge < -0.3 is 14.8 Å². The molecule has 0 aliphatic carbocycles. The van der Waals surface area contributed by atoms with E-state index in [4.69, 9.17) is 9.47 Å². The van der Waals surface area contributed by atoms with Gasteiger partial charge in [-0.3, -0.25) is 4.79 Å². The van der Waals surface area contributed by atoms with Gasteiger partial charge in [0.05, 0.1) is 6.54 Å². The van der Waals surface area contributed by atoms with Crippen molar-refractivity contribution in [3.8, 4) is 5.75 Å². The highest BCUT2D eigenvalue weighted by atomic mass is 16.5. The zero-order valence-electron chi connectivity index (χ0n) is 12.9.